The first-order valence-electron chi connectivity index (χ1n) is 9.50. The third kappa shape index (κ3) is 6.18. The zero-order chi connectivity index (χ0) is 21.6. The number of halogens is 3. The second-order valence-electron chi connectivity index (χ2n) is 7.08. The van der Waals surface area contributed by atoms with Crippen molar-refractivity contribution in [2.24, 2.45) is 0 Å². The Morgan fingerprint density at radius 1 is 1.07 bits per heavy atom. The highest BCUT2D eigenvalue weighted by Crippen LogP contribution is 2.23. The monoisotopic (exact) mass is 438 g/mol. The number of carbonyl (C=O) groups excluding carboxylic acids is 2. The van der Waals surface area contributed by atoms with Crippen LogP contribution in [-0.4, -0.2) is 28.8 Å². The molecule has 0 aliphatic carbocycles. The molecule has 7 heteroatoms. The lowest BCUT2D eigenvalue weighted by molar-refractivity contribution is -0.141. The molecule has 0 saturated heterocycles. The van der Waals surface area contributed by atoms with Gasteiger partial charge in [0.1, 0.15) is 11.9 Å². The van der Waals surface area contributed by atoms with Crippen LogP contribution in [0.15, 0.2) is 42.5 Å². The second-order valence-corrected chi connectivity index (χ2v) is 7.89. The molecule has 2 amide bonds. The molecule has 156 valence electrons. The molecule has 0 saturated carbocycles. The summed E-state index contributed by atoms with van der Waals surface area (Å²) in [6.45, 7) is 5.66. The van der Waals surface area contributed by atoms with E-state index in [9.17, 15) is 14.0 Å². The van der Waals surface area contributed by atoms with Crippen LogP contribution in [0.4, 0.5) is 4.39 Å². The van der Waals surface area contributed by atoms with Gasteiger partial charge in [-0.15, -0.1) is 0 Å². The van der Waals surface area contributed by atoms with E-state index in [1.807, 2.05) is 26.8 Å². The van der Waals surface area contributed by atoms with Crippen LogP contribution < -0.4 is 5.32 Å². The minimum Gasteiger partial charge on any atom is -0.352 e. The standard InChI is InChI=1S/C22H25Cl2FN2O2/c1-4-20(22(29)26-14(2)3)27(13-15-8-5-6-9-17(15)23)21(28)12-16-18(24)10-7-11-19(16)25/h5-11,14,20H,4,12-13H2,1-3H3,(H,26,29)/t20-/m0/s1. The van der Waals surface area contributed by atoms with Crippen LogP contribution in [0.1, 0.15) is 38.3 Å². The van der Waals surface area contributed by atoms with Crippen molar-refractivity contribution in [3.63, 3.8) is 0 Å². The normalized spacial score (nSPS) is 12.0. The molecule has 0 radical (unpaired) electrons. The number of benzene rings is 2. The van der Waals surface area contributed by atoms with Gasteiger partial charge < -0.3 is 10.2 Å². The predicted octanol–water partition coefficient (Wildman–Crippen LogP) is 5.01. The Morgan fingerprint density at radius 3 is 2.31 bits per heavy atom. The molecule has 0 spiro atoms. The van der Waals surface area contributed by atoms with E-state index in [1.165, 1.54) is 23.1 Å². The van der Waals surface area contributed by atoms with Crippen LogP contribution in [0.2, 0.25) is 10.0 Å². The van der Waals surface area contributed by atoms with E-state index in [1.54, 1.807) is 18.2 Å². The van der Waals surface area contributed by atoms with Gasteiger partial charge in [0.25, 0.3) is 0 Å². The van der Waals surface area contributed by atoms with Crippen molar-refractivity contribution < 1.29 is 14.0 Å². The highest BCUT2D eigenvalue weighted by molar-refractivity contribution is 6.31. The molecule has 2 rings (SSSR count). The first-order valence-corrected chi connectivity index (χ1v) is 10.3. The summed E-state index contributed by atoms with van der Waals surface area (Å²) in [7, 11) is 0. The third-order valence-electron chi connectivity index (χ3n) is 4.51. The minimum absolute atomic E-state index is 0.0742. The first-order chi connectivity index (χ1) is 13.7. The van der Waals surface area contributed by atoms with Crippen molar-refractivity contribution in [2.45, 2.75) is 52.2 Å². The second kappa shape index (κ2) is 10.6. The Hall–Kier alpha value is -2.11. The molecule has 0 aliphatic heterocycles. The van der Waals surface area contributed by atoms with Gasteiger partial charge in [0, 0.05) is 28.2 Å². The lowest BCUT2D eigenvalue weighted by Gasteiger charge is -2.31. The highest BCUT2D eigenvalue weighted by Gasteiger charge is 2.30. The van der Waals surface area contributed by atoms with Crippen molar-refractivity contribution in [3.8, 4) is 0 Å². The summed E-state index contributed by atoms with van der Waals surface area (Å²) >= 11 is 12.4. The van der Waals surface area contributed by atoms with E-state index in [2.05, 4.69) is 5.32 Å². The largest absolute Gasteiger partial charge is 0.352 e. The van der Waals surface area contributed by atoms with Gasteiger partial charge in [0.2, 0.25) is 11.8 Å². The molecule has 2 aromatic rings. The zero-order valence-corrected chi connectivity index (χ0v) is 18.2. The van der Waals surface area contributed by atoms with E-state index in [0.717, 1.165) is 0 Å². The fraction of sp³-hybridized carbons (Fsp3) is 0.364. The molecule has 29 heavy (non-hydrogen) atoms. The maximum Gasteiger partial charge on any atom is 0.243 e. The van der Waals surface area contributed by atoms with Crippen LogP contribution in [0.5, 0.6) is 0 Å². The fourth-order valence-corrected chi connectivity index (χ4v) is 3.49. The van der Waals surface area contributed by atoms with Gasteiger partial charge in [0.05, 0.1) is 6.42 Å². The number of amides is 2. The Labute approximate surface area is 181 Å². The molecule has 1 atom stereocenters. The average Bonchev–Trinajstić information content (AvgIpc) is 2.65. The molecular weight excluding hydrogens is 414 g/mol. The number of carbonyl (C=O) groups is 2. The maximum absolute atomic E-state index is 14.2. The fourth-order valence-electron chi connectivity index (χ4n) is 3.06. The van der Waals surface area contributed by atoms with Gasteiger partial charge in [-0.05, 0) is 44.0 Å². The third-order valence-corrected chi connectivity index (χ3v) is 5.23. The average molecular weight is 439 g/mol. The minimum atomic E-state index is -0.716. The predicted molar refractivity (Wildman–Crippen MR) is 114 cm³/mol. The summed E-state index contributed by atoms with van der Waals surface area (Å²) in [5.74, 6) is -1.21. The molecule has 1 N–H and O–H groups in total. The van der Waals surface area contributed by atoms with Crippen LogP contribution >= 0.6 is 23.2 Å². The molecule has 4 nitrogen and oxygen atoms in total. The van der Waals surface area contributed by atoms with Gasteiger partial charge in [0.15, 0.2) is 0 Å². The Kier molecular flexibility index (Phi) is 8.47. The van der Waals surface area contributed by atoms with Crippen LogP contribution in [-0.2, 0) is 22.6 Å². The van der Waals surface area contributed by atoms with Crippen LogP contribution in [0.3, 0.4) is 0 Å². The topological polar surface area (TPSA) is 49.4 Å². The smallest absolute Gasteiger partial charge is 0.243 e. The summed E-state index contributed by atoms with van der Waals surface area (Å²) in [6, 6.07) is 10.6. The van der Waals surface area contributed by atoms with Gasteiger partial charge in [-0.1, -0.05) is 54.4 Å². The number of hydrogen-bond donors (Lipinski definition) is 1. The van der Waals surface area contributed by atoms with E-state index in [0.29, 0.717) is 17.0 Å². The molecule has 0 heterocycles. The molecular formula is C22H25Cl2FN2O2. The summed E-state index contributed by atoms with van der Waals surface area (Å²) in [4.78, 5) is 27.4. The number of nitrogens with one attached hydrogen (secondary N) is 1. The van der Waals surface area contributed by atoms with Crippen molar-refractivity contribution in [2.75, 3.05) is 0 Å². The van der Waals surface area contributed by atoms with Crippen LogP contribution in [0.25, 0.3) is 0 Å². The lowest BCUT2D eigenvalue weighted by Crippen LogP contribution is -2.50. The molecule has 0 fully saturated rings. The number of hydrogen-bond acceptors (Lipinski definition) is 2. The van der Waals surface area contributed by atoms with E-state index in [4.69, 9.17) is 23.2 Å². The SMILES string of the molecule is CC[C@@H](C(=O)NC(C)C)N(Cc1ccccc1Cl)C(=O)Cc1c(F)cccc1Cl. The summed E-state index contributed by atoms with van der Waals surface area (Å²) in [5, 5.41) is 3.52. The van der Waals surface area contributed by atoms with Crippen molar-refractivity contribution >= 4 is 35.0 Å². The van der Waals surface area contributed by atoms with Gasteiger partial charge in [-0.2, -0.15) is 0 Å². The Bertz CT molecular complexity index is 853. The summed E-state index contributed by atoms with van der Waals surface area (Å²) in [5.41, 5.74) is 0.820. The maximum atomic E-state index is 14.2. The van der Waals surface area contributed by atoms with Gasteiger partial charge >= 0.3 is 0 Å². The van der Waals surface area contributed by atoms with E-state index < -0.39 is 17.8 Å². The number of rotatable bonds is 8. The number of nitrogens with zero attached hydrogens (tertiary/aromatic N) is 1. The van der Waals surface area contributed by atoms with Gasteiger partial charge in [-0.25, -0.2) is 4.39 Å². The summed E-state index contributed by atoms with van der Waals surface area (Å²) in [6.07, 6.45) is 0.154. The molecule has 2 aromatic carbocycles. The highest BCUT2D eigenvalue weighted by atomic mass is 35.5. The molecule has 0 aromatic heterocycles. The van der Waals surface area contributed by atoms with Crippen molar-refractivity contribution in [1.82, 2.24) is 10.2 Å². The van der Waals surface area contributed by atoms with E-state index in [-0.39, 0.29) is 35.5 Å². The quantitative estimate of drug-likeness (QED) is 0.629. The van der Waals surface area contributed by atoms with Crippen LogP contribution in [0, 0.1) is 5.82 Å². The lowest BCUT2D eigenvalue weighted by atomic mass is 10.1. The summed E-state index contributed by atoms with van der Waals surface area (Å²) < 4.78 is 14.2. The Morgan fingerprint density at radius 2 is 1.72 bits per heavy atom. The zero-order valence-electron chi connectivity index (χ0n) is 16.7. The first kappa shape index (κ1) is 23.2. The molecule has 0 unspecified atom stereocenters. The van der Waals surface area contributed by atoms with Crippen molar-refractivity contribution in [1.29, 1.82) is 0 Å². The van der Waals surface area contributed by atoms with Crippen molar-refractivity contribution in [3.05, 3.63) is 69.5 Å². The van der Waals surface area contributed by atoms with E-state index >= 15 is 0 Å². The molecule has 0 aliphatic rings. The Balaban J connectivity index is 2.38. The molecule has 0 bridgehead atoms. The van der Waals surface area contributed by atoms with Gasteiger partial charge in [-0.3, -0.25) is 9.59 Å².